The monoisotopic (exact) mass is 410 g/mol. The van der Waals surface area contributed by atoms with Gasteiger partial charge in [0.1, 0.15) is 5.82 Å². The molecule has 2 aromatic heterocycles. The maximum absolute atomic E-state index is 13.0. The number of anilines is 1. The third-order valence-electron chi connectivity index (χ3n) is 4.95. The fourth-order valence-electron chi connectivity index (χ4n) is 3.31. The van der Waals surface area contributed by atoms with Gasteiger partial charge in [-0.2, -0.15) is 0 Å². The first-order chi connectivity index (χ1) is 13.9. The van der Waals surface area contributed by atoms with Crippen LogP contribution in [0.25, 0.3) is 22.2 Å². The van der Waals surface area contributed by atoms with Crippen molar-refractivity contribution in [2.24, 2.45) is 0 Å². The van der Waals surface area contributed by atoms with Crippen LogP contribution in [0.1, 0.15) is 24.6 Å². The van der Waals surface area contributed by atoms with Gasteiger partial charge in [-0.15, -0.1) is 0 Å². The molecule has 4 rings (SSSR count). The number of aryl methyl sites for hydroxylation is 2. The van der Waals surface area contributed by atoms with Gasteiger partial charge in [0, 0.05) is 35.5 Å². The molecule has 2 aromatic carbocycles. The molecular weight excluding hydrogens is 388 g/mol. The molecule has 0 amide bonds. The molecule has 0 saturated carbocycles. The van der Waals surface area contributed by atoms with E-state index in [1.54, 1.807) is 32.2 Å². The smallest absolute Gasteiger partial charge is 0.264 e. The van der Waals surface area contributed by atoms with E-state index in [0.29, 0.717) is 16.6 Å². The second-order valence-electron chi connectivity index (χ2n) is 6.96. The minimum atomic E-state index is -3.84. The van der Waals surface area contributed by atoms with E-state index < -0.39 is 10.0 Å². The fraction of sp³-hybridized carbons (Fsp3) is 0.238. The van der Waals surface area contributed by atoms with Gasteiger partial charge in [0.15, 0.2) is 0 Å². The Labute approximate surface area is 169 Å². The average molecular weight is 410 g/mol. The predicted octanol–water partition coefficient (Wildman–Crippen LogP) is 4.52. The van der Waals surface area contributed by atoms with Crippen molar-refractivity contribution in [2.75, 3.05) is 4.72 Å². The molecule has 0 bridgehead atoms. The zero-order valence-electron chi connectivity index (χ0n) is 16.5. The van der Waals surface area contributed by atoms with Crippen LogP contribution in [0.2, 0.25) is 0 Å². The summed E-state index contributed by atoms with van der Waals surface area (Å²) in [6, 6.07) is 10.9. The lowest BCUT2D eigenvalue weighted by Crippen LogP contribution is -2.13. The van der Waals surface area contributed by atoms with Gasteiger partial charge in [-0.25, -0.2) is 18.1 Å². The van der Waals surface area contributed by atoms with Crippen LogP contribution in [0.15, 0.2) is 58.2 Å². The van der Waals surface area contributed by atoms with E-state index in [2.05, 4.69) is 26.4 Å². The lowest BCUT2D eigenvalue weighted by molar-refractivity contribution is 0.430. The van der Waals surface area contributed by atoms with Gasteiger partial charge in [-0.3, -0.25) is 0 Å². The SMILES string of the molecule is CCCn1ccnc1-c1ccc2c(S(=O)(=O)Nc3onc(C)c3C)cccc2c1. The Kier molecular flexibility index (Phi) is 4.87. The fourth-order valence-corrected chi connectivity index (χ4v) is 4.58. The first-order valence-electron chi connectivity index (χ1n) is 9.40. The number of nitrogens with one attached hydrogen (secondary N) is 1. The number of hydrogen-bond donors (Lipinski definition) is 1. The molecule has 7 nitrogen and oxygen atoms in total. The predicted molar refractivity (Wildman–Crippen MR) is 112 cm³/mol. The van der Waals surface area contributed by atoms with Crippen molar-refractivity contribution >= 4 is 26.7 Å². The van der Waals surface area contributed by atoms with Gasteiger partial charge in [0.05, 0.1) is 10.6 Å². The van der Waals surface area contributed by atoms with Gasteiger partial charge in [-0.1, -0.05) is 36.3 Å². The molecule has 0 spiro atoms. The maximum atomic E-state index is 13.0. The van der Waals surface area contributed by atoms with Crippen LogP contribution in [-0.2, 0) is 16.6 Å². The topological polar surface area (TPSA) is 90.0 Å². The van der Waals surface area contributed by atoms with E-state index in [-0.39, 0.29) is 10.8 Å². The molecule has 0 saturated heterocycles. The molecule has 150 valence electrons. The highest BCUT2D eigenvalue weighted by atomic mass is 32.2. The summed E-state index contributed by atoms with van der Waals surface area (Å²) < 4.78 is 35.8. The van der Waals surface area contributed by atoms with E-state index in [1.807, 2.05) is 30.5 Å². The lowest BCUT2D eigenvalue weighted by atomic mass is 10.1. The molecule has 29 heavy (non-hydrogen) atoms. The van der Waals surface area contributed by atoms with Crippen LogP contribution in [0.4, 0.5) is 5.88 Å². The molecule has 4 aromatic rings. The maximum Gasteiger partial charge on any atom is 0.264 e. The third kappa shape index (κ3) is 3.51. The molecule has 8 heteroatoms. The summed E-state index contributed by atoms with van der Waals surface area (Å²) in [6.07, 6.45) is 4.74. The minimum Gasteiger partial charge on any atom is -0.337 e. The Hall–Kier alpha value is -3.13. The quantitative estimate of drug-likeness (QED) is 0.505. The number of nitrogens with zero attached hydrogens (tertiary/aromatic N) is 3. The van der Waals surface area contributed by atoms with Crippen molar-refractivity contribution in [3.63, 3.8) is 0 Å². The molecule has 0 unspecified atom stereocenters. The summed E-state index contributed by atoms with van der Waals surface area (Å²) in [5, 5.41) is 5.26. The second-order valence-corrected chi connectivity index (χ2v) is 8.61. The van der Waals surface area contributed by atoms with Gasteiger partial charge in [-0.05, 0) is 37.8 Å². The number of fused-ring (bicyclic) bond motifs is 1. The van der Waals surface area contributed by atoms with Crippen LogP contribution in [0, 0.1) is 13.8 Å². The number of benzene rings is 2. The first kappa shape index (κ1) is 19.2. The molecular formula is C21H22N4O3S. The highest BCUT2D eigenvalue weighted by Crippen LogP contribution is 2.30. The highest BCUT2D eigenvalue weighted by molar-refractivity contribution is 7.93. The molecule has 0 aliphatic carbocycles. The summed E-state index contributed by atoms with van der Waals surface area (Å²) in [4.78, 5) is 4.65. The zero-order valence-corrected chi connectivity index (χ0v) is 17.3. The number of rotatable bonds is 6. The Balaban J connectivity index is 1.76. The van der Waals surface area contributed by atoms with E-state index in [1.165, 1.54) is 0 Å². The highest BCUT2D eigenvalue weighted by Gasteiger charge is 2.21. The van der Waals surface area contributed by atoms with Crippen LogP contribution in [-0.4, -0.2) is 23.1 Å². The van der Waals surface area contributed by atoms with E-state index in [0.717, 1.165) is 29.7 Å². The summed E-state index contributed by atoms with van der Waals surface area (Å²) in [7, 11) is -3.84. The molecule has 0 atom stereocenters. The lowest BCUT2D eigenvalue weighted by Gasteiger charge is -2.11. The third-order valence-corrected chi connectivity index (χ3v) is 6.34. The molecule has 0 fully saturated rings. The van der Waals surface area contributed by atoms with Gasteiger partial charge in [0.25, 0.3) is 10.0 Å². The zero-order chi connectivity index (χ0) is 20.6. The number of imidazole rings is 1. The van der Waals surface area contributed by atoms with Gasteiger partial charge in [0.2, 0.25) is 5.88 Å². The molecule has 1 N–H and O–H groups in total. The number of aromatic nitrogens is 3. The standard InChI is InChI=1S/C21H22N4O3S/c1-4-11-25-12-10-22-20(25)17-8-9-18-16(13-17)6-5-7-19(18)29(26,27)24-21-14(2)15(3)23-28-21/h5-10,12-13,24H,4,11H2,1-3H3. The second kappa shape index (κ2) is 7.36. The molecule has 0 radical (unpaired) electrons. The minimum absolute atomic E-state index is 0.137. The largest absolute Gasteiger partial charge is 0.337 e. The van der Waals surface area contributed by atoms with E-state index in [4.69, 9.17) is 4.52 Å². The summed E-state index contributed by atoms with van der Waals surface area (Å²) in [5.74, 6) is 1.01. The van der Waals surface area contributed by atoms with Crippen LogP contribution in [0.3, 0.4) is 0 Å². The van der Waals surface area contributed by atoms with Crippen molar-refractivity contribution in [2.45, 2.75) is 38.6 Å². The van der Waals surface area contributed by atoms with Crippen molar-refractivity contribution in [3.05, 3.63) is 60.0 Å². The molecule has 2 heterocycles. The van der Waals surface area contributed by atoms with Crippen molar-refractivity contribution in [1.82, 2.24) is 14.7 Å². The summed E-state index contributed by atoms with van der Waals surface area (Å²) in [6.45, 7) is 6.52. The van der Waals surface area contributed by atoms with E-state index in [9.17, 15) is 8.42 Å². The Morgan fingerprint density at radius 2 is 2.00 bits per heavy atom. The van der Waals surface area contributed by atoms with Gasteiger partial charge < -0.3 is 9.09 Å². The Morgan fingerprint density at radius 1 is 1.17 bits per heavy atom. The van der Waals surface area contributed by atoms with Crippen molar-refractivity contribution < 1.29 is 12.9 Å². The number of hydrogen-bond acceptors (Lipinski definition) is 5. The average Bonchev–Trinajstić information content (AvgIpc) is 3.29. The van der Waals surface area contributed by atoms with Crippen LogP contribution < -0.4 is 4.72 Å². The Bertz CT molecular complexity index is 1290. The molecule has 0 aliphatic rings. The van der Waals surface area contributed by atoms with Crippen LogP contribution in [0.5, 0.6) is 0 Å². The number of sulfonamides is 1. The summed E-state index contributed by atoms with van der Waals surface area (Å²) in [5.41, 5.74) is 2.26. The van der Waals surface area contributed by atoms with E-state index >= 15 is 0 Å². The normalized spacial score (nSPS) is 11.8. The van der Waals surface area contributed by atoms with Crippen LogP contribution >= 0.6 is 0 Å². The van der Waals surface area contributed by atoms with Crippen molar-refractivity contribution in [1.29, 1.82) is 0 Å². The Morgan fingerprint density at radius 3 is 2.72 bits per heavy atom. The summed E-state index contributed by atoms with van der Waals surface area (Å²) >= 11 is 0. The first-order valence-corrected chi connectivity index (χ1v) is 10.9. The molecule has 0 aliphatic heterocycles. The van der Waals surface area contributed by atoms with Gasteiger partial charge >= 0.3 is 0 Å². The van der Waals surface area contributed by atoms with Crippen molar-refractivity contribution in [3.8, 4) is 11.4 Å².